The summed E-state index contributed by atoms with van der Waals surface area (Å²) in [6.45, 7) is 4.47. The van der Waals surface area contributed by atoms with Crippen molar-refractivity contribution in [1.82, 2.24) is 9.55 Å². The van der Waals surface area contributed by atoms with Gasteiger partial charge >= 0.3 is 0 Å². The lowest BCUT2D eigenvalue weighted by Gasteiger charge is -2.28. The van der Waals surface area contributed by atoms with Crippen molar-refractivity contribution in [1.29, 1.82) is 0 Å². The standard InChI is InChI=1S/C14H23N3/c1-10-3-7-13(8-4-10)17-9-11(2)15-14(17)16-12-5-6-12/h9-10,12-13H,3-8H2,1-2H3,(H,15,16). The summed E-state index contributed by atoms with van der Waals surface area (Å²) < 4.78 is 2.40. The first kappa shape index (κ1) is 11.1. The van der Waals surface area contributed by atoms with Gasteiger partial charge < -0.3 is 9.88 Å². The van der Waals surface area contributed by atoms with Crippen LogP contribution < -0.4 is 5.32 Å². The minimum Gasteiger partial charge on any atom is -0.353 e. The normalized spacial score (nSPS) is 29.3. The highest BCUT2D eigenvalue weighted by atomic mass is 15.2. The predicted octanol–water partition coefficient (Wildman–Crippen LogP) is 3.52. The number of hydrogen-bond donors (Lipinski definition) is 1. The molecule has 0 atom stereocenters. The Morgan fingerprint density at radius 2 is 1.88 bits per heavy atom. The Hall–Kier alpha value is -0.990. The fourth-order valence-electron chi connectivity index (χ4n) is 2.83. The molecule has 0 saturated heterocycles. The molecule has 0 radical (unpaired) electrons. The van der Waals surface area contributed by atoms with E-state index < -0.39 is 0 Å². The van der Waals surface area contributed by atoms with Crippen molar-refractivity contribution in [3.05, 3.63) is 11.9 Å². The summed E-state index contributed by atoms with van der Waals surface area (Å²) >= 11 is 0. The van der Waals surface area contributed by atoms with E-state index in [1.807, 2.05) is 0 Å². The molecule has 0 spiro atoms. The van der Waals surface area contributed by atoms with Gasteiger partial charge in [0, 0.05) is 18.3 Å². The highest BCUT2D eigenvalue weighted by molar-refractivity contribution is 5.32. The van der Waals surface area contributed by atoms with Gasteiger partial charge in [-0.15, -0.1) is 0 Å². The zero-order valence-corrected chi connectivity index (χ0v) is 10.9. The number of anilines is 1. The van der Waals surface area contributed by atoms with Crippen molar-refractivity contribution in [2.75, 3.05) is 5.32 Å². The maximum absolute atomic E-state index is 4.64. The van der Waals surface area contributed by atoms with Crippen LogP contribution in [0.4, 0.5) is 5.95 Å². The average Bonchev–Trinajstić information content (AvgIpc) is 3.03. The Morgan fingerprint density at radius 3 is 2.53 bits per heavy atom. The van der Waals surface area contributed by atoms with E-state index in [0.717, 1.165) is 17.6 Å². The molecule has 0 unspecified atom stereocenters. The molecule has 1 aromatic rings. The molecule has 17 heavy (non-hydrogen) atoms. The molecule has 0 aromatic carbocycles. The largest absolute Gasteiger partial charge is 0.353 e. The van der Waals surface area contributed by atoms with E-state index in [2.05, 4.69) is 34.9 Å². The van der Waals surface area contributed by atoms with Crippen LogP contribution in [0, 0.1) is 12.8 Å². The van der Waals surface area contributed by atoms with Crippen LogP contribution >= 0.6 is 0 Å². The van der Waals surface area contributed by atoms with Gasteiger partial charge in [-0.2, -0.15) is 0 Å². The minimum atomic E-state index is 0.675. The van der Waals surface area contributed by atoms with Crippen molar-refractivity contribution in [3.8, 4) is 0 Å². The third kappa shape index (κ3) is 2.48. The molecule has 2 fully saturated rings. The Kier molecular flexibility index (Phi) is 2.85. The van der Waals surface area contributed by atoms with Crippen molar-refractivity contribution in [2.24, 2.45) is 5.92 Å². The first-order valence-corrected chi connectivity index (χ1v) is 7.04. The number of hydrogen-bond acceptors (Lipinski definition) is 2. The number of nitrogens with one attached hydrogen (secondary N) is 1. The maximum Gasteiger partial charge on any atom is 0.203 e. The molecule has 3 rings (SSSR count). The van der Waals surface area contributed by atoms with Gasteiger partial charge in [0.15, 0.2) is 0 Å². The van der Waals surface area contributed by atoms with Crippen LogP contribution in [0.2, 0.25) is 0 Å². The molecular weight excluding hydrogens is 210 g/mol. The van der Waals surface area contributed by atoms with Gasteiger partial charge in [-0.3, -0.25) is 0 Å². The highest BCUT2D eigenvalue weighted by Crippen LogP contribution is 2.34. The Morgan fingerprint density at radius 1 is 1.18 bits per heavy atom. The highest BCUT2D eigenvalue weighted by Gasteiger charge is 2.26. The van der Waals surface area contributed by atoms with Crippen LogP contribution in [0.5, 0.6) is 0 Å². The summed E-state index contributed by atoms with van der Waals surface area (Å²) in [4.78, 5) is 4.64. The van der Waals surface area contributed by atoms with E-state index in [0.29, 0.717) is 12.1 Å². The van der Waals surface area contributed by atoms with Gasteiger partial charge in [0.2, 0.25) is 5.95 Å². The third-order valence-electron chi connectivity index (χ3n) is 4.14. The molecule has 94 valence electrons. The third-order valence-corrected chi connectivity index (χ3v) is 4.14. The molecule has 1 N–H and O–H groups in total. The molecule has 2 aliphatic rings. The van der Waals surface area contributed by atoms with Crippen LogP contribution in [0.1, 0.15) is 57.2 Å². The average molecular weight is 233 g/mol. The Labute approximate surface area is 104 Å². The van der Waals surface area contributed by atoms with Crippen molar-refractivity contribution >= 4 is 5.95 Å². The lowest BCUT2D eigenvalue weighted by molar-refractivity contribution is 0.291. The fraction of sp³-hybridized carbons (Fsp3) is 0.786. The molecule has 2 saturated carbocycles. The zero-order valence-electron chi connectivity index (χ0n) is 10.9. The topological polar surface area (TPSA) is 29.9 Å². The molecule has 0 amide bonds. The summed E-state index contributed by atoms with van der Waals surface area (Å²) in [5.74, 6) is 2.03. The van der Waals surface area contributed by atoms with E-state index in [4.69, 9.17) is 0 Å². The van der Waals surface area contributed by atoms with Crippen LogP contribution in [0.15, 0.2) is 6.20 Å². The number of aromatic nitrogens is 2. The van der Waals surface area contributed by atoms with Gasteiger partial charge in [0.05, 0.1) is 5.69 Å². The maximum atomic E-state index is 4.64. The molecule has 1 aromatic heterocycles. The minimum absolute atomic E-state index is 0.675. The van der Waals surface area contributed by atoms with Crippen molar-refractivity contribution in [2.45, 2.75) is 64.5 Å². The van der Waals surface area contributed by atoms with Gasteiger partial charge in [-0.1, -0.05) is 6.92 Å². The Balaban J connectivity index is 1.75. The number of rotatable bonds is 3. The van der Waals surface area contributed by atoms with Gasteiger partial charge in [0.25, 0.3) is 0 Å². The second-order valence-corrected chi connectivity index (χ2v) is 5.95. The SMILES string of the molecule is Cc1cn(C2CCC(C)CC2)c(NC2CC2)n1. The quantitative estimate of drug-likeness (QED) is 0.865. The van der Waals surface area contributed by atoms with Crippen LogP contribution in [0.25, 0.3) is 0 Å². The summed E-state index contributed by atoms with van der Waals surface area (Å²) in [5.41, 5.74) is 1.15. The second kappa shape index (κ2) is 4.35. The van der Waals surface area contributed by atoms with Gasteiger partial charge in [-0.05, 0) is 51.4 Å². The van der Waals surface area contributed by atoms with Crippen LogP contribution in [-0.4, -0.2) is 15.6 Å². The summed E-state index contributed by atoms with van der Waals surface area (Å²) in [7, 11) is 0. The van der Waals surface area contributed by atoms with E-state index in [1.165, 1.54) is 38.5 Å². The molecule has 2 aliphatic carbocycles. The lowest BCUT2D eigenvalue weighted by atomic mass is 9.87. The zero-order chi connectivity index (χ0) is 11.8. The molecule has 0 bridgehead atoms. The molecule has 0 aliphatic heterocycles. The first-order chi connectivity index (χ1) is 8.22. The molecular formula is C14H23N3. The second-order valence-electron chi connectivity index (χ2n) is 5.95. The van der Waals surface area contributed by atoms with E-state index >= 15 is 0 Å². The molecule has 3 heteroatoms. The molecule has 3 nitrogen and oxygen atoms in total. The fourth-order valence-corrected chi connectivity index (χ4v) is 2.83. The van der Waals surface area contributed by atoms with Gasteiger partial charge in [-0.25, -0.2) is 4.98 Å². The predicted molar refractivity (Wildman–Crippen MR) is 70.3 cm³/mol. The van der Waals surface area contributed by atoms with Crippen LogP contribution in [-0.2, 0) is 0 Å². The number of imidazole rings is 1. The number of nitrogens with zero attached hydrogens (tertiary/aromatic N) is 2. The van der Waals surface area contributed by atoms with Crippen LogP contribution in [0.3, 0.4) is 0 Å². The lowest BCUT2D eigenvalue weighted by Crippen LogP contribution is -2.19. The summed E-state index contributed by atoms with van der Waals surface area (Å²) in [6.07, 6.45) is 10.2. The first-order valence-electron chi connectivity index (χ1n) is 7.04. The number of aryl methyl sites for hydroxylation is 1. The van der Waals surface area contributed by atoms with E-state index in [-0.39, 0.29) is 0 Å². The smallest absolute Gasteiger partial charge is 0.203 e. The summed E-state index contributed by atoms with van der Waals surface area (Å²) in [5, 5.41) is 3.57. The molecule has 1 heterocycles. The van der Waals surface area contributed by atoms with Crippen molar-refractivity contribution < 1.29 is 0 Å². The van der Waals surface area contributed by atoms with E-state index in [9.17, 15) is 0 Å². The monoisotopic (exact) mass is 233 g/mol. The summed E-state index contributed by atoms with van der Waals surface area (Å²) in [6, 6.07) is 1.37. The van der Waals surface area contributed by atoms with Crippen molar-refractivity contribution in [3.63, 3.8) is 0 Å². The van der Waals surface area contributed by atoms with E-state index in [1.54, 1.807) is 0 Å². The van der Waals surface area contributed by atoms with Gasteiger partial charge in [0.1, 0.15) is 0 Å². The Bertz CT molecular complexity index is 384.